The van der Waals surface area contributed by atoms with Crippen molar-refractivity contribution in [3.05, 3.63) is 48.3 Å². The summed E-state index contributed by atoms with van der Waals surface area (Å²) in [5, 5.41) is 15.5. The van der Waals surface area contributed by atoms with Crippen LogP contribution in [0.2, 0.25) is 11.6 Å². The molecule has 0 unspecified atom stereocenters. The number of nitriles is 1. The molecule has 2 aromatic rings. The Labute approximate surface area is 208 Å². The van der Waals surface area contributed by atoms with Crippen molar-refractivity contribution in [1.29, 1.82) is 5.26 Å². The molecule has 2 aliphatic rings. The Morgan fingerprint density at radius 1 is 1.39 bits per heavy atom. The number of hydrogen-bond acceptors (Lipinski definition) is 5. The monoisotopic (exact) mass is 516 g/mol. The topological polar surface area (TPSA) is 81.0 Å². The van der Waals surface area contributed by atoms with Crippen molar-refractivity contribution < 1.29 is 22.4 Å². The predicted molar refractivity (Wildman–Crippen MR) is 134 cm³/mol. The molecule has 1 radical (unpaired) electrons. The van der Waals surface area contributed by atoms with E-state index in [1.165, 1.54) is 6.08 Å². The van der Waals surface area contributed by atoms with Crippen molar-refractivity contribution >= 4 is 42.4 Å². The molecule has 0 saturated carbocycles. The van der Waals surface area contributed by atoms with Gasteiger partial charge in [0, 0.05) is 41.6 Å². The third-order valence-electron chi connectivity index (χ3n) is 6.41. The quantitative estimate of drug-likeness (QED) is 0.401. The van der Waals surface area contributed by atoms with E-state index in [1.54, 1.807) is 30.3 Å². The molecule has 2 saturated heterocycles. The second kappa shape index (κ2) is 10.4. The Morgan fingerprint density at radius 3 is 2.83 bits per heavy atom. The van der Waals surface area contributed by atoms with E-state index in [9.17, 15) is 22.4 Å². The van der Waals surface area contributed by atoms with Gasteiger partial charge in [-0.1, -0.05) is 24.8 Å². The Balaban J connectivity index is 1.62. The number of anilines is 1. The Bertz CT molecular complexity index is 1240. The summed E-state index contributed by atoms with van der Waals surface area (Å²) in [6.07, 6.45) is -2.11. The number of nitrogens with one attached hydrogen (secondary N) is 2. The lowest BCUT2D eigenvalue weighted by Crippen LogP contribution is -2.46. The molecule has 11 heteroatoms. The van der Waals surface area contributed by atoms with E-state index in [-0.39, 0.29) is 40.9 Å². The summed E-state index contributed by atoms with van der Waals surface area (Å²) in [5.41, 5.74) is -0.881. The first-order valence-corrected chi connectivity index (χ1v) is 13.4. The lowest BCUT2D eigenvalue weighted by atomic mass is 9.99. The van der Waals surface area contributed by atoms with Gasteiger partial charge in [-0.25, -0.2) is 9.37 Å². The lowest BCUT2D eigenvalue weighted by Gasteiger charge is -2.33. The van der Waals surface area contributed by atoms with E-state index in [2.05, 4.69) is 28.3 Å². The number of hydrogen-bond donors (Lipinski definition) is 2. The SMILES string of the molecule is C=C(c1nc(/C=C/CNC(=O)[Si]2C[C@H]2C#N)cc2c(N[C@@H]3CCN(C)C[C@@H]3F)cccc12)C(F)(F)F. The minimum absolute atomic E-state index is 0.126. The van der Waals surface area contributed by atoms with Gasteiger partial charge in [0.1, 0.15) is 6.17 Å². The fraction of sp³-hybridized carbons (Fsp3) is 0.400. The maximum absolute atomic E-state index is 14.7. The van der Waals surface area contributed by atoms with Crippen molar-refractivity contribution in [2.24, 2.45) is 0 Å². The van der Waals surface area contributed by atoms with Gasteiger partial charge in [-0.2, -0.15) is 18.4 Å². The van der Waals surface area contributed by atoms with E-state index in [4.69, 9.17) is 5.26 Å². The fourth-order valence-corrected chi connectivity index (χ4v) is 5.98. The molecule has 3 atom stereocenters. The second-order valence-electron chi connectivity index (χ2n) is 9.11. The molecule has 6 nitrogen and oxygen atoms in total. The minimum atomic E-state index is -4.68. The first kappa shape index (κ1) is 25.8. The number of halogens is 4. The molecule has 1 aromatic heterocycles. The van der Waals surface area contributed by atoms with Crippen molar-refractivity contribution in [3.63, 3.8) is 0 Å². The number of amides is 1. The van der Waals surface area contributed by atoms with Crippen LogP contribution in [0.3, 0.4) is 0 Å². The number of carbonyl (C=O) groups is 1. The predicted octanol–water partition coefficient (Wildman–Crippen LogP) is 4.97. The average Bonchev–Trinajstić information content (AvgIpc) is 3.62. The third-order valence-corrected chi connectivity index (χ3v) is 8.67. The molecular formula is C25H26F4N5OSi. The summed E-state index contributed by atoms with van der Waals surface area (Å²) >= 11 is 0. The van der Waals surface area contributed by atoms with Gasteiger partial charge >= 0.3 is 6.18 Å². The molecule has 0 aliphatic carbocycles. The van der Waals surface area contributed by atoms with Crippen LogP contribution in [0, 0.1) is 11.3 Å². The number of pyridine rings is 1. The van der Waals surface area contributed by atoms with Crippen LogP contribution in [0.1, 0.15) is 17.8 Å². The summed E-state index contributed by atoms with van der Waals surface area (Å²) in [6, 6.07) is 8.78. The standard InChI is InChI=1S/C25H26F4N5OSi/c1-15(25(27,28)29)23-18-6-3-7-21(33-22-8-10-34(2)13-20(22)26)19(18)11-16(32-23)5-4-9-31-24(35)36-14-17(36)12-30/h3-7,11,17,20,22,33H,1,8-10,13-14H2,2H3,(H,31,35)/b5-4+/t17-,20+,22-/m1/s1. The van der Waals surface area contributed by atoms with E-state index in [1.807, 2.05) is 11.9 Å². The van der Waals surface area contributed by atoms with Crippen LogP contribution in [0.25, 0.3) is 22.4 Å². The lowest BCUT2D eigenvalue weighted by molar-refractivity contribution is -0.0688. The second-order valence-corrected chi connectivity index (χ2v) is 11.7. The van der Waals surface area contributed by atoms with E-state index in [0.717, 1.165) is 0 Å². The van der Waals surface area contributed by atoms with Gasteiger partial charge in [-0.15, -0.1) is 0 Å². The minimum Gasteiger partial charge on any atom is -0.379 e. The number of likely N-dealkylation sites (tertiary alicyclic amines) is 1. The zero-order chi connectivity index (χ0) is 26.0. The molecule has 36 heavy (non-hydrogen) atoms. The highest BCUT2D eigenvalue weighted by atomic mass is 28.3. The van der Waals surface area contributed by atoms with E-state index >= 15 is 0 Å². The maximum Gasteiger partial charge on any atom is 0.417 e. The summed E-state index contributed by atoms with van der Waals surface area (Å²) in [4.78, 5) is 18.2. The van der Waals surface area contributed by atoms with Crippen LogP contribution >= 0.6 is 0 Å². The van der Waals surface area contributed by atoms with Crippen LogP contribution in [-0.2, 0) is 0 Å². The molecule has 0 bridgehead atoms. The first-order valence-electron chi connectivity index (χ1n) is 11.6. The third kappa shape index (κ3) is 5.76. The maximum atomic E-state index is 14.7. The number of fused-ring (bicyclic) bond motifs is 1. The van der Waals surface area contributed by atoms with Crippen molar-refractivity contribution in [2.75, 3.05) is 32.0 Å². The molecule has 4 rings (SSSR count). The molecule has 1 aromatic carbocycles. The van der Waals surface area contributed by atoms with Crippen LogP contribution < -0.4 is 10.6 Å². The molecule has 189 valence electrons. The smallest absolute Gasteiger partial charge is 0.379 e. The summed E-state index contributed by atoms with van der Waals surface area (Å²) in [6.45, 7) is 4.39. The number of aromatic nitrogens is 1. The molecule has 2 fully saturated rings. The van der Waals surface area contributed by atoms with E-state index < -0.39 is 32.8 Å². The van der Waals surface area contributed by atoms with Gasteiger partial charge in [0.15, 0.2) is 14.3 Å². The van der Waals surface area contributed by atoms with Crippen LogP contribution in [0.15, 0.2) is 36.9 Å². The van der Waals surface area contributed by atoms with Crippen molar-refractivity contribution in [1.82, 2.24) is 15.2 Å². The largest absolute Gasteiger partial charge is 0.417 e. The highest BCUT2D eigenvalue weighted by molar-refractivity contribution is 6.99. The number of piperidine rings is 1. The summed E-state index contributed by atoms with van der Waals surface area (Å²) in [7, 11) is 0.519. The van der Waals surface area contributed by atoms with Crippen molar-refractivity contribution in [3.8, 4) is 6.07 Å². The van der Waals surface area contributed by atoms with Gasteiger partial charge in [0.25, 0.3) is 0 Å². The number of allylic oxidation sites excluding steroid dienone is 1. The van der Waals surface area contributed by atoms with Crippen LogP contribution in [0.5, 0.6) is 0 Å². The van der Waals surface area contributed by atoms with Gasteiger partial charge in [0.05, 0.1) is 29.1 Å². The molecule has 2 aliphatic heterocycles. The Morgan fingerprint density at radius 2 is 2.17 bits per heavy atom. The number of nitrogens with zero attached hydrogens (tertiary/aromatic N) is 3. The Kier molecular flexibility index (Phi) is 7.47. The zero-order valence-electron chi connectivity index (χ0n) is 19.7. The highest BCUT2D eigenvalue weighted by Crippen LogP contribution is 2.38. The molecule has 3 heterocycles. The highest BCUT2D eigenvalue weighted by Gasteiger charge is 2.46. The first-order chi connectivity index (χ1) is 17.1. The number of rotatable bonds is 7. The van der Waals surface area contributed by atoms with Crippen molar-refractivity contribution in [2.45, 2.75) is 36.4 Å². The number of carbonyl (C=O) groups excluding carboxylic acids is 1. The summed E-state index contributed by atoms with van der Waals surface area (Å²) < 4.78 is 55.5. The molecule has 2 N–H and O–H groups in total. The zero-order valence-corrected chi connectivity index (χ0v) is 20.7. The molecule has 0 spiro atoms. The fourth-order valence-electron chi connectivity index (χ4n) is 4.27. The van der Waals surface area contributed by atoms with Gasteiger partial charge in [0.2, 0.25) is 0 Å². The van der Waals surface area contributed by atoms with Crippen LogP contribution in [-0.4, -0.2) is 69.3 Å². The summed E-state index contributed by atoms with van der Waals surface area (Å²) in [5.74, 6) is 0. The average molecular weight is 517 g/mol. The number of alkyl halides is 4. The molecular weight excluding hydrogens is 490 g/mol. The number of benzene rings is 1. The van der Waals surface area contributed by atoms with Gasteiger partial charge in [-0.3, -0.25) is 4.79 Å². The normalized spacial score (nSPS) is 22.9. The Hall–Kier alpha value is -3.23. The van der Waals surface area contributed by atoms with Gasteiger partial charge < -0.3 is 15.5 Å². The van der Waals surface area contributed by atoms with E-state index in [0.29, 0.717) is 30.1 Å². The van der Waals surface area contributed by atoms with Crippen LogP contribution in [0.4, 0.5) is 28.0 Å². The molecule has 1 amide bonds. The van der Waals surface area contributed by atoms with Gasteiger partial charge in [-0.05, 0) is 37.7 Å².